The highest BCUT2D eigenvalue weighted by molar-refractivity contribution is 7.91. The summed E-state index contributed by atoms with van der Waals surface area (Å²) < 4.78 is 30.4. The maximum atomic E-state index is 11.4. The van der Waals surface area contributed by atoms with Crippen LogP contribution in [0.25, 0.3) is 0 Å². The van der Waals surface area contributed by atoms with Crippen LogP contribution in [0.3, 0.4) is 0 Å². The molecule has 2 aliphatic rings. The monoisotopic (exact) mass is 227 g/mol. The van der Waals surface area contributed by atoms with E-state index >= 15 is 0 Å². The summed E-state index contributed by atoms with van der Waals surface area (Å²) in [5.41, 5.74) is 0.797. The molecule has 0 N–H and O–H groups in total. The molecule has 0 aromatic carbocycles. The Morgan fingerprint density at radius 1 is 1.60 bits per heavy atom. The van der Waals surface area contributed by atoms with Crippen LogP contribution in [0.5, 0.6) is 0 Å². The molecular formula is C10H13NO3S. The average Bonchev–Trinajstić information content (AvgIpc) is 2.68. The van der Waals surface area contributed by atoms with Gasteiger partial charge in [0, 0.05) is 13.2 Å². The third-order valence-electron chi connectivity index (χ3n) is 3.38. The molecule has 2 saturated heterocycles. The van der Waals surface area contributed by atoms with E-state index in [4.69, 9.17) is 4.74 Å². The predicted octanol–water partition coefficient (Wildman–Crippen LogP) is 0.438. The Labute approximate surface area is 88.8 Å². The smallest absolute Gasteiger partial charge is 0.153 e. The average molecular weight is 227 g/mol. The van der Waals surface area contributed by atoms with E-state index in [-0.39, 0.29) is 23.2 Å². The van der Waals surface area contributed by atoms with Gasteiger partial charge in [0.2, 0.25) is 0 Å². The van der Waals surface area contributed by atoms with Crippen molar-refractivity contribution in [2.75, 3.05) is 11.5 Å². The van der Waals surface area contributed by atoms with Crippen molar-refractivity contribution in [3.63, 3.8) is 0 Å². The van der Waals surface area contributed by atoms with E-state index in [9.17, 15) is 8.42 Å². The summed E-state index contributed by atoms with van der Waals surface area (Å²) in [6.07, 6.45) is 2.44. The van der Waals surface area contributed by atoms with Gasteiger partial charge < -0.3 is 9.30 Å². The van der Waals surface area contributed by atoms with Crippen LogP contribution in [0, 0.1) is 0 Å². The fraction of sp³-hybridized carbons (Fsp3) is 0.600. The third-order valence-corrected chi connectivity index (χ3v) is 5.02. The van der Waals surface area contributed by atoms with Crippen molar-refractivity contribution in [3.8, 4) is 0 Å². The van der Waals surface area contributed by atoms with Gasteiger partial charge in [-0.25, -0.2) is 8.42 Å². The lowest BCUT2D eigenvalue weighted by molar-refractivity contribution is 0.286. The molecular weight excluding hydrogens is 214 g/mol. The van der Waals surface area contributed by atoms with Crippen molar-refractivity contribution in [2.45, 2.75) is 18.1 Å². The van der Waals surface area contributed by atoms with Gasteiger partial charge in [-0.15, -0.1) is 0 Å². The summed E-state index contributed by atoms with van der Waals surface area (Å²) in [6, 6.07) is 3.98. The highest BCUT2D eigenvalue weighted by atomic mass is 32.2. The van der Waals surface area contributed by atoms with Crippen LogP contribution in [-0.4, -0.2) is 30.6 Å². The summed E-state index contributed by atoms with van der Waals surface area (Å²) in [7, 11) is -0.902. The number of ether oxygens (including phenoxy) is 1. The van der Waals surface area contributed by atoms with Gasteiger partial charge in [0.15, 0.2) is 9.84 Å². The maximum Gasteiger partial charge on any atom is 0.153 e. The molecule has 1 aromatic heterocycles. The van der Waals surface area contributed by atoms with Gasteiger partial charge in [0.05, 0.1) is 17.2 Å². The largest absolute Gasteiger partial charge is 0.358 e. The Bertz CT molecular complexity index is 504. The van der Waals surface area contributed by atoms with Gasteiger partial charge in [0.1, 0.15) is 11.7 Å². The molecule has 5 heteroatoms. The first-order valence-corrected chi connectivity index (χ1v) is 6.86. The summed E-state index contributed by atoms with van der Waals surface area (Å²) in [5.74, 6) is 0.423. The van der Waals surface area contributed by atoms with Crippen LogP contribution < -0.4 is 0 Å². The fourth-order valence-electron chi connectivity index (χ4n) is 2.48. The fourth-order valence-corrected chi connectivity index (χ4v) is 4.06. The highest BCUT2D eigenvalue weighted by Gasteiger charge is 2.62. The molecule has 0 bridgehead atoms. The highest BCUT2D eigenvalue weighted by Crippen LogP contribution is 2.52. The number of epoxide rings is 1. The molecule has 2 fully saturated rings. The molecule has 4 nitrogen and oxygen atoms in total. The molecule has 0 unspecified atom stereocenters. The zero-order valence-electron chi connectivity index (χ0n) is 8.51. The topological polar surface area (TPSA) is 51.6 Å². The predicted molar refractivity (Wildman–Crippen MR) is 55.2 cm³/mol. The van der Waals surface area contributed by atoms with Crippen LogP contribution in [0.1, 0.15) is 12.1 Å². The molecule has 0 amide bonds. The van der Waals surface area contributed by atoms with E-state index in [2.05, 4.69) is 0 Å². The first-order valence-electron chi connectivity index (χ1n) is 5.04. The minimum atomic E-state index is -2.87. The summed E-state index contributed by atoms with van der Waals surface area (Å²) in [4.78, 5) is 0. The van der Waals surface area contributed by atoms with Crippen LogP contribution in [0.2, 0.25) is 0 Å². The number of hydrogen-bond acceptors (Lipinski definition) is 3. The SMILES string of the molecule is Cn1cccc1[C@]12CCS(=O)(=O)C[C@@H]1O2. The Morgan fingerprint density at radius 2 is 2.40 bits per heavy atom. The van der Waals surface area contributed by atoms with E-state index in [1.54, 1.807) is 0 Å². The Morgan fingerprint density at radius 3 is 3.00 bits per heavy atom. The maximum absolute atomic E-state index is 11.4. The number of rotatable bonds is 1. The first-order chi connectivity index (χ1) is 7.04. The second kappa shape index (κ2) is 2.65. The van der Waals surface area contributed by atoms with Crippen LogP contribution in [0.15, 0.2) is 18.3 Å². The van der Waals surface area contributed by atoms with Gasteiger partial charge in [-0.3, -0.25) is 0 Å². The second-order valence-corrected chi connectivity index (χ2v) is 6.59. The minimum absolute atomic E-state index is 0.121. The molecule has 0 saturated carbocycles. The lowest BCUT2D eigenvalue weighted by Gasteiger charge is -2.18. The molecule has 1 aromatic rings. The molecule has 3 heterocycles. The van der Waals surface area contributed by atoms with E-state index in [0.29, 0.717) is 6.42 Å². The first kappa shape index (κ1) is 9.42. The van der Waals surface area contributed by atoms with Crippen molar-refractivity contribution in [3.05, 3.63) is 24.0 Å². The zero-order chi connectivity index (χ0) is 10.7. The molecule has 3 rings (SSSR count). The van der Waals surface area contributed by atoms with Gasteiger partial charge >= 0.3 is 0 Å². The normalized spacial score (nSPS) is 37.3. The van der Waals surface area contributed by atoms with Crippen LogP contribution in [0.4, 0.5) is 0 Å². The van der Waals surface area contributed by atoms with Gasteiger partial charge in [-0.1, -0.05) is 0 Å². The second-order valence-electron chi connectivity index (χ2n) is 4.36. The Kier molecular flexibility index (Phi) is 1.66. The Hall–Kier alpha value is -0.810. The molecule has 0 spiro atoms. The van der Waals surface area contributed by atoms with Crippen molar-refractivity contribution in [1.82, 2.24) is 4.57 Å². The lowest BCUT2D eigenvalue weighted by Crippen LogP contribution is -2.31. The van der Waals surface area contributed by atoms with Gasteiger partial charge in [0.25, 0.3) is 0 Å². The molecule has 82 valence electrons. The number of hydrogen-bond donors (Lipinski definition) is 0. The van der Waals surface area contributed by atoms with Crippen LogP contribution in [-0.2, 0) is 27.2 Å². The molecule has 2 atom stereocenters. The van der Waals surface area contributed by atoms with Gasteiger partial charge in [-0.2, -0.15) is 0 Å². The van der Waals surface area contributed by atoms with Crippen LogP contribution >= 0.6 is 0 Å². The van der Waals surface area contributed by atoms with Crippen molar-refractivity contribution in [2.24, 2.45) is 7.05 Å². The minimum Gasteiger partial charge on any atom is -0.358 e. The number of sulfone groups is 1. The summed E-state index contributed by atoms with van der Waals surface area (Å²) >= 11 is 0. The third kappa shape index (κ3) is 1.26. The van der Waals surface area contributed by atoms with Crippen molar-refractivity contribution < 1.29 is 13.2 Å². The Balaban J connectivity index is 1.96. The molecule has 0 radical (unpaired) electrons. The number of nitrogens with zero attached hydrogens (tertiary/aromatic N) is 1. The number of aryl methyl sites for hydroxylation is 1. The molecule has 15 heavy (non-hydrogen) atoms. The molecule has 2 aliphatic heterocycles. The number of aromatic nitrogens is 1. The van der Waals surface area contributed by atoms with Gasteiger partial charge in [-0.05, 0) is 18.6 Å². The van der Waals surface area contributed by atoms with Crippen molar-refractivity contribution >= 4 is 9.84 Å². The standard InChI is InChI=1S/C10H13NO3S/c1-11-5-2-3-8(11)10-4-6-15(12,13)7-9(10)14-10/h2-3,5,9H,4,6-7H2,1H3/t9-,10+/m0/s1. The van der Waals surface area contributed by atoms with E-state index in [1.165, 1.54) is 0 Å². The van der Waals surface area contributed by atoms with E-state index < -0.39 is 9.84 Å². The summed E-state index contributed by atoms with van der Waals surface area (Å²) in [6.45, 7) is 0. The summed E-state index contributed by atoms with van der Waals surface area (Å²) in [5, 5.41) is 0. The van der Waals surface area contributed by atoms with E-state index in [0.717, 1.165) is 5.69 Å². The molecule has 0 aliphatic carbocycles. The number of fused-ring (bicyclic) bond motifs is 1. The van der Waals surface area contributed by atoms with E-state index in [1.807, 2.05) is 29.9 Å². The zero-order valence-corrected chi connectivity index (χ0v) is 9.33. The lowest BCUT2D eigenvalue weighted by atomic mass is 9.98. The van der Waals surface area contributed by atoms with Crippen molar-refractivity contribution in [1.29, 1.82) is 0 Å². The quantitative estimate of drug-likeness (QED) is 0.654.